The van der Waals surface area contributed by atoms with Gasteiger partial charge in [0.15, 0.2) is 0 Å². The molecule has 1 atom stereocenters. The van der Waals surface area contributed by atoms with E-state index in [1.54, 1.807) is 12.3 Å². The van der Waals surface area contributed by atoms with Gasteiger partial charge < -0.3 is 5.73 Å². The molecular weight excluding hydrogens is 229 g/mol. The van der Waals surface area contributed by atoms with E-state index in [1.807, 2.05) is 16.8 Å². The molecule has 18 heavy (non-hydrogen) atoms. The number of benzene rings is 1. The monoisotopic (exact) mass is 247 g/mol. The van der Waals surface area contributed by atoms with Gasteiger partial charge in [-0.3, -0.25) is 4.68 Å². The van der Waals surface area contributed by atoms with Gasteiger partial charge in [0.2, 0.25) is 0 Å². The number of hydrogen-bond donors (Lipinski definition) is 1. The first-order valence-electron chi connectivity index (χ1n) is 6.22. The highest BCUT2D eigenvalue weighted by molar-refractivity contribution is 5.20. The lowest BCUT2D eigenvalue weighted by Crippen LogP contribution is -2.18. The van der Waals surface area contributed by atoms with E-state index in [9.17, 15) is 4.39 Å². The minimum Gasteiger partial charge on any atom is -0.322 e. The predicted octanol–water partition coefficient (Wildman–Crippen LogP) is 2.67. The Labute approximate surface area is 106 Å². The Morgan fingerprint density at radius 1 is 1.39 bits per heavy atom. The van der Waals surface area contributed by atoms with E-state index >= 15 is 0 Å². The van der Waals surface area contributed by atoms with Crippen LogP contribution in [0.15, 0.2) is 36.5 Å². The number of rotatable bonds is 5. The van der Waals surface area contributed by atoms with Crippen LogP contribution in [0.25, 0.3) is 0 Å². The largest absolute Gasteiger partial charge is 0.322 e. The summed E-state index contributed by atoms with van der Waals surface area (Å²) in [6.45, 7) is 2.96. The fourth-order valence-corrected chi connectivity index (χ4v) is 2.08. The van der Waals surface area contributed by atoms with Crippen LogP contribution in [0, 0.1) is 5.82 Å². The highest BCUT2D eigenvalue weighted by atomic mass is 19.1. The summed E-state index contributed by atoms with van der Waals surface area (Å²) < 4.78 is 15.0. The highest BCUT2D eigenvalue weighted by Gasteiger charge is 2.12. The Balaban J connectivity index is 2.11. The zero-order valence-electron chi connectivity index (χ0n) is 10.5. The maximum Gasteiger partial charge on any atom is 0.123 e. The lowest BCUT2D eigenvalue weighted by molar-refractivity contribution is 0.537. The highest BCUT2D eigenvalue weighted by Crippen LogP contribution is 2.16. The number of nitrogens with two attached hydrogens (primary N) is 1. The van der Waals surface area contributed by atoms with Crippen LogP contribution < -0.4 is 5.73 Å². The summed E-state index contributed by atoms with van der Waals surface area (Å²) in [5.41, 5.74) is 8.08. The minimum atomic E-state index is -0.221. The molecule has 2 rings (SSSR count). The fourth-order valence-electron chi connectivity index (χ4n) is 2.08. The van der Waals surface area contributed by atoms with Gasteiger partial charge >= 0.3 is 0 Å². The number of aryl methyl sites for hydroxylation is 1. The molecule has 1 unspecified atom stereocenters. The zero-order valence-corrected chi connectivity index (χ0v) is 10.5. The third-order valence-corrected chi connectivity index (χ3v) is 2.91. The summed E-state index contributed by atoms with van der Waals surface area (Å²) in [6, 6.07) is 8.35. The van der Waals surface area contributed by atoms with Crippen LogP contribution in [-0.4, -0.2) is 9.78 Å². The third-order valence-electron chi connectivity index (χ3n) is 2.91. The lowest BCUT2D eigenvalue weighted by atomic mass is 10.0. The van der Waals surface area contributed by atoms with E-state index in [0.29, 0.717) is 6.42 Å². The molecule has 0 aliphatic rings. The molecule has 0 spiro atoms. The second-order valence-corrected chi connectivity index (χ2v) is 4.42. The van der Waals surface area contributed by atoms with Crippen molar-refractivity contribution >= 4 is 0 Å². The average Bonchev–Trinajstić information content (AvgIpc) is 2.78. The summed E-state index contributed by atoms with van der Waals surface area (Å²) in [5.74, 6) is -0.221. The van der Waals surface area contributed by atoms with Gasteiger partial charge in [-0.1, -0.05) is 19.1 Å². The van der Waals surface area contributed by atoms with Crippen molar-refractivity contribution in [3.05, 3.63) is 53.6 Å². The molecule has 96 valence electrons. The van der Waals surface area contributed by atoms with E-state index in [2.05, 4.69) is 12.0 Å². The van der Waals surface area contributed by atoms with E-state index < -0.39 is 0 Å². The Morgan fingerprint density at radius 3 is 2.94 bits per heavy atom. The summed E-state index contributed by atoms with van der Waals surface area (Å²) >= 11 is 0. The summed E-state index contributed by atoms with van der Waals surface area (Å²) in [5, 5.41) is 4.25. The van der Waals surface area contributed by atoms with E-state index in [-0.39, 0.29) is 11.9 Å². The number of halogens is 1. The van der Waals surface area contributed by atoms with Crippen LogP contribution in [0.3, 0.4) is 0 Å². The van der Waals surface area contributed by atoms with E-state index in [1.165, 1.54) is 12.1 Å². The van der Waals surface area contributed by atoms with Gasteiger partial charge in [-0.05, 0) is 36.6 Å². The number of aromatic nitrogens is 2. The fraction of sp³-hybridized carbons (Fsp3) is 0.357. The van der Waals surface area contributed by atoms with Crippen LogP contribution in [0.2, 0.25) is 0 Å². The molecule has 0 saturated heterocycles. The molecule has 0 aliphatic heterocycles. The summed E-state index contributed by atoms with van der Waals surface area (Å²) in [6.07, 6.45) is 3.39. The van der Waals surface area contributed by atoms with Crippen molar-refractivity contribution in [2.75, 3.05) is 0 Å². The number of nitrogens with zero attached hydrogens (tertiary/aromatic N) is 2. The van der Waals surface area contributed by atoms with Crippen molar-refractivity contribution in [1.82, 2.24) is 9.78 Å². The molecule has 0 aliphatic carbocycles. The van der Waals surface area contributed by atoms with Crippen molar-refractivity contribution in [3.63, 3.8) is 0 Å². The van der Waals surface area contributed by atoms with Gasteiger partial charge in [0, 0.05) is 12.7 Å². The van der Waals surface area contributed by atoms with Crippen LogP contribution in [0.1, 0.15) is 30.6 Å². The maximum atomic E-state index is 13.1. The normalized spacial score (nSPS) is 12.6. The first-order valence-corrected chi connectivity index (χ1v) is 6.22. The molecule has 3 nitrogen and oxygen atoms in total. The summed E-state index contributed by atoms with van der Waals surface area (Å²) in [4.78, 5) is 0. The quantitative estimate of drug-likeness (QED) is 0.882. The van der Waals surface area contributed by atoms with Crippen LogP contribution >= 0.6 is 0 Å². The van der Waals surface area contributed by atoms with E-state index in [0.717, 1.165) is 24.2 Å². The Morgan fingerprint density at radius 2 is 2.22 bits per heavy atom. The second-order valence-electron chi connectivity index (χ2n) is 4.42. The molecule has 0 saturated carbocycles. The predicted molar refractivity (Wildman–Crippen MR) is 69.6 cm³/mol. The minimum absolute atomic E-state index is 0.152. The van der Waals surface area contributed by atoms with Crippen LogP contribution in [0.5, 0.6) is 0 Å². The molecule has 2 N–H and O–H groups in total. The molecule has 1 aromatic carbocycles. The molecule has 0 amide bonds. The second kappa shape index (κ2) is 5.78. The molecule has 2 aromatic rings. The smallest absolute Gasteiger partial charge is 0.123 e. The molecule has 0 fully saturated rings. The van der Waals surface area contributed by atoms with Gasteiger partial charge in [-0.25, -0.2) is 4.39 Å². The van der Waals surface area contributed by atoms with Gasteiger partial charge in [0.1, 0.15) is 5.82 Å². The van der Waals surface area contributed by atoms with Gasteiger partial charge in [0.05, 0.1) is 11.7 Å². The van der Waals surface area contributed by atoms with Crippen LogP contribution in [0.4, 0.5) is 4.39 Å². The third kappa shape index (κ3) is 2.96. The zero-order chi connectivity index (χ0) is 13.0. The Kier molecular flexibility index (Phi) is 4.10. The molecule has 0 bridgehead atoms. The van der Waals surface area contributed by atoms with Crippen molar-refractivity contribution in [3.8, 4) is 0 Å². The molecule has 0 radical (unpaired) electrons. The molecule has 4 heteroatoms. The first-order chi connectivity index (χ1) is 8.70. The van der Waals surface area contributed by atoms with Crippen LogP contribution in [-0.2, 0) is 13.0 Å². The average molecular weight is 247 g/mol. The topological polar surface area (TPSA) is 43.8 Å². The van der Waals surface area contributed by atoms with Crippen molar-refractivity contribution in [2.24, 2.45) is 5.73 Å². The van der Waals surface area contributed by atoms with Crippen molar-refractivity contribution in [1.29, 1.82) is 0 Å². The van der Waals surface area contributed by atoms with Crippen molar-refractivity contribution in [2.45, 2.75) is 32.4 Å². The lowest BCUT2D eigenvalue weighted by Gasteiger charge is -2.14. The summed E-state index contributed by atoms with van der Waals surface area (Å²) in [7, 11) is 0. The SMILES string of the molecule is CCCn1nccc1C(N)Cc1cccc(F)c1. The molecule has 1 heterocycles. The Hall–Kier alpha value is -1.68. The first kappa shape index (κ1) is 12.8. The Bertz CT molecular complexity index is 507. The number of hydrogen-bond acceptors (Lipinski definition) is 2. The van der Waals surface area contributed by atoms with Gasteiger partial charge in [0.25, 0.3) is 0 Å². The van der Waals surface area contributed by atoms with E-state index in [4.69, 9.17) is 5.73 Å². The van der Waals surface area contributed by atoms with Gasteiger partial charge in [-0.15, -0.1) is 0 Å². The maximum absolute atomic E-state index is 13.1. The molecule has 1 aromatic heterocycles. The van der Waals surface area contributed by atoms with Gasteiger partial charge in [-0.2, -0.15) is 5.10 Å². The standard InChI is InChI=1S/C14H18FN3/c1-2-8-18-14(6-7-17-18)13(16)10-11-4-3-5-12(15)9-11/h3-7,9,13H,2,8,10,16H2,1H3. The van der Waals surface area contributed by atoms with Crippen molar-refractivity contribution < 1.29 is 4.39 Å². The molecular formula is C14H18FN3.